The zero-order valence-corrected chi connectivity index (χ0v) is 13.2. The summed E-state index contributed by atoms with van der Waals surface area (Å²) in [4.78, 5) is 0. The Bertz CT molecular complexity index is 642. The van der Waals surface area contributed by atoms with Crippen LogP contribution >= 0.6 is 23.2 Å². The van der Waals surface area contributed by atoms with Crippen molar-refractivity contribution in [1.29, 1.82) is 0 Å². The minimum Gasteiger partial charge on any atom is -0.271 e. The monoisotopic (exact) mass is 320 g/mol. The van der Waals surface area contributed by atoms with Gasteiger partial charge in [0, 0.05) is 12.0 Å². The third-order valence-electron chi connectivity index (χ3n) is 4.32. The summed E-state index contributed by atoms with van der Waals surface area (Å²) < 4.78 is 0. The fourth-order valence-corrected chi connectivity index (χ4v) is 3.57. The Kier molecular flexibility index (Phi) is 4.51. The lowest BCUT2D eigenvalue weighted by molar-refractivity contribution is 0.434. The first-order chi connectivity index (χ1) is 10.2. The van der Waals surface area contributed by atoms with E-state index in [4.69, 9.17) is 29.0 Å². The number of nitrogens with one attached hydrogen (secondary N) is 1. The quantitative estimate of drug-likeness (QED) is 0.657. The van der Waals surface area contributed by atoms with Gasteiger partial charge < -0.3 is 0 Å². The first kappa shape index (κ1) is 14.9. The number of hydrogen-bond acceptors (Lipinski definition) is 2. The number of nitrogens with two attached hydrogens (primary N) is 1. The maximum Gasteiger partial charge on any atom is 0.0595 e. The molecule has 0 saturated heterocycles. The number of hydrazine groups is 1. The Hall–Kier alpha value is -1.06. The molecule has 1 aliphatic carbocycles. The maximum atomic E-state index is 6.10. The highest BCUT2D eigenvalue weighted by molar-refractivity contribution is 6.42. The SMILES string of the molecule is NNC(Cc1ccc(Cl)c(Cl)c1)C1CCc2ccccc21. The summed E-state index contributed by atoms with van der Waals surface area (Å²) in [5.74, 6) is 6.26. The summed E-state index contributed by atoms with van der Waals surface area (Å²) in [6, 6.07) is 14.6. The molecule has 1 aliphatic rings. The Morgan fingerprint density at radius 1 is 1.14 bits per heavy atom. The van der Waals surface area contributed by atoms with Crippen LogP contribution < -0.4 is 11.3 Å². The Balaban J connectivity index is 1.81. The Morgan fingerprint density at radius 3 is 2.71 bits per heavy atom. The van der Waals surface area contributed by atoms with E-state index in [2.05, 4.69) is 29.7 Å². The van der Waals surface area contributed by atoms with Crippen LogP contribution in [-0.2, 0) is 12.8 Å². The summed E-state index contributed by atoms with van der Waals surface area (Å²) in [6.45, 7) is 0. The van der Waals surface area contributed by atoms with Crippen LogP contribution in [0.15, 0.2) is 42.5 Å². The third-order valence-corrected chi connectivity index (χ3v) is 5.06. The van der Waals surface area contributed by atoms with Gasteiger partial charge in [-0.25, -0.2) is 0 Å². The zero-order valence-electron chi connectivity index (χ0n) is 11.7. The molecule has 0 spiro atoms. The van der Waals surface area contributed by atoms with Crippen molar-refractivity contribution in [2.75, 3.05) is 0 Å². The minimum atomic E-state index is 0.200. The van der Waals surface area contributed by atoms with Gasteiger partial charge in [0.1, 0.15) is 0 Å². The first-order valence-corrected chi connectivity index (χ1v) is 7.92. The molecule has 0 bridgehead atoms. The van der Waals surface area contributed by atoms with Crippen molar-refractivity contribution in [3.05, 3.63) is 69.2 Å². The van der Waals surface area contributed by atoms with Gasteiger partial charge in [-0.2, -0.15) is 0 Å². The van der Waals surface area contributed by atoms with E-state index < -0.39 is 0 Å². The molecule has 0 saturated carbocycles. The van der Waals surface area contributed by atoms with E-state index in [1.165, 1.54) is 11.1 Å². The number of aryl methyl sites for hydroxylation is 1. The van der Waals surface area contributed by atoms with Gasteiger partial charge in [-0.3, -0.25) is 11.3 Å². The molecule has 3 rings (SSSR count). The average molecular weight is 321 g/mol. The Morgan fingerprint density at radius 2 is 1.95 bits per heavy atom. The van der Waals surface area contributed by atoms with E-state index >= 15 is 0 Å². The van der Waals surface area contributed by atoms with Gasteiger partial charge in [-0.1, -0.05) is 53.5 Å². The molecule has 4 heteroatoms. The molecule has 0 heterocycles. The molecule has 2 unspecified atom stereocenters. The van der Waals surface area contributed by atoms with Gasteiger partial charge in [0.2, 0.25) is 0 Å². The van der Waals surface area contributed by atoms with Crippen LogP contribution in [0, 0.1) is 0 Å². The number of rotatable bonds is 4. The van der Waals surface area contributed by atoms with Crippen molar-refractivity contribution in [3.8, 4) is 0 Å². The minimum absolute atomic E-state index is 0.200. The number of benzene rings is 2. The largest absolute Gasteiger partial charge is 0.271 e. The van der Waals surface area contributed by atoms with Gasteiger partial charge in [0.25, 0.3) is 0 Å². The molecule has 0 amide bonds. The van der Waals surface area contributed by atoms with Crippen molar-refractivity contribution >= 4 is 23.2 Å². The molecule has 0 aromatic heterocycles. The molecule has 21 heavy (non-hydrogen) atoms. The van der Waals surface area contributed by atoms with Crippen molar-refractivity contribution in [2.45, 2.75) is 31.2 Å². The lowest BCUT2D eigenvalue weighted by atomic mass is 9.89. The average Bonchev–Trinajstić information content (AvgIpc) is 2.92. The molecule has 0 radical (unpaired) electrons. The lowest BCUT2D eigenvalue weighted by Crippen LogP contribution is -2.40. The second kappa shape index (κ2) is 6.37. The molecular weight excluding hydrogens is 303 g/mol. The standard InChI is InChI=1S/C17H18Cl2N2/c18-15-8-5-11(9-16(15)19)10-17(21-20)14-7-6-12-3-1-2-4-13(12)14/h1-5,8-9,14,17,21H,6-7,10,20H2. The van der Waals surface area contributed by atoms with Crippen molar-refractivity contribution in [1.82, 2.24) is 5.43 Å². The van der Waals surface area contributed by atoms with Crippen molar-refractivity contribution in [3.63, 3.8) is 0 Å². The fraction of sp³-hybridized carbons (Fsp3) is 0.294. The van der Waals surface area contributed by atoms with Crippen molar-refractivity contribution < 1.29 is 0 Å². The maximum absolute atomic E-state index is 6.10. The highest BCUT2D eigenvalue weighted by atomic mass is 35.5. The van der Waals surface area contributed by atoms with Crippen LogP contribution in [0.4, 0.5) is 0 Å². The lowest BCUT2D eigenvalue weighted by Gasteiger charge is -2.24. The normalized spacial score (nSPS) is 18.5. The highest BCUT2D eigenvalue weighted by Gasteiger charge is 2.29. The summed E-state index contributed by atoms with van der Waals surface area (Å²) >= 11 is 12.1. The molecular formula is C17H18Cl2N2. The van der Waals surface area contributed by atoms with E-state index in [1.54, 1.807) is 0 Å². The van der Waals surface area contributed by atoms with E-state index in [-0.39, 0.29) is 6.04 Å². The number of fused-ring (bicyclic) bond motifs is 1. The van der Waals surface area contributed by atoms with Gasteiger partial charge in [-0.05, 0) is 48.1 Å². The van der Waals surface area contributed by atoms with Gasteiger partial charge in [-0.15, -0.1) is 0 Å². The van der Waals surface area contributed by atoms with Crippen LogP contribution in [0.2, 0.25) is 10.0 Å². The van der Waals surface area contributed by atoms with E-state index in [1.807, 2.05) is 18.2 Å². The molecule has 0 fully saturated rings. The second-order valence-corrected chi connectivity index (χ2v) is 6.38. The van der Waals surface area contributed by atoms with Crippen LogP contribution in [0.25, 0.3) is 0 Å². The molecule has 110 valence electrons. The van der Waals surface area contributed by atoms with Crippen LogP contribution in [0.3, 0.4) is 0 Å². The van der Waals surface area contributed by atoms with E-state index in [0.717, 1.165) is 24.8 Å². The fourth-order valence-electron chi connectivity index (χ4n) is 3.25. The van der Waals surface area contributed by atoms with Crippen LogP contribution in [0.1, 0.15) is 29.0 Å². The summed E-state index contributed by atoms with van der Waals surface area (Å²) in [5, 5.41) is 1.18. The summed E-state index contributed by atoms with van der Waals surface area (Å²) in [7, 11) is 0. The van der Waals surface area contributed by atoms with Gasteiger partial charge in [0.05, 0.1) is 10.0 Å². The first-order valence-electron chi connectivity index (χ1n) is 7.17. The third kappa shape index (κ3) is 3.09. The summed E-state index contributed by atoms with van der Waals surface area (Å²) in [5.41, 5.74) is 7.00. The Labute approximate surface area is 135 Å². The van der Waals surface area contributed by atoms with Crippen molar-refractivity contribution in [2.24, 2.45) is 5.84 Å². The van der Waals surface area contributed by atoms with Gasteiger partial charge in [0.15, 0.2) is 0 Å². The highest BCUT2D eigenvalue weighted by Crippen LogP contribution is 2.36. The molecule has 3 N–H and O–H groups in total. The molecule has 0 aliphatic heterocycles. The summed E-state index contributed by atoms with van der Waals surface area (Å²) in [6.07, 6.45) is 3.10. The smallest absolute Gasteiger partial charge is 0.0595 e. The predicted molar refractivity (Wildman–Crippen MR) is 88.8 cm³/mol. The molecule has 2 aromatic rings. The van der Waals surface area contributed by atoms with E-state index in [0.29, 0.717) is 16.0 Å². The molecule has 2 atom stereocenters. The number of hydrogen-bond donors (Lipinski definition) is 2. The molecule has 2 aromatic carbocycles. The van der Waals surface area contributed by atoms with Gasteiger partial charge >= 0.3 is 0 Å². The zero-order chi connectivity index (χ0) is 14.8. The van der Waals surface area contributed by atoms with E-state index in [9.17, 15) is 0 Å². The van der Waals surface area contributed by atoms with Crippen LogP contribution in [0.5, 0.6) is 0 Å². The second-order valence-electron chi connectivity index (χ2n) is 5.57. The van der Waals surface area contributed by atoms with Crippen LogP contribution in [-0.4, -0.2) is 6.04 Å². The topological polar surface area (TPSA) is 38.0 Å². The number of halogens is 2. The predicted octanol–water partition coefficient (Wildman–Crippen LogP) is 4.10. The molecule has 2 nitrogen and oxygen atoms in total.